The first kappa shape index (κ1) is 20.4. The summed E-state index contributed by atoms with van der Waals surface area (Å²) in [7, 11) is 0. The summed E-state index contributed by atoms with van der Waals surface area (Å²) < 4.78 is 2.06. The highest BCUT2D eigenvalue weighted by molar-refractivity contribution is 5.79. The average molecular weight is 405 g/mol. The lowest BCUT2D eigenvalue weighted by Crippen LogP contribution is -2.39. The van der Waals surface area contributed by atoms with Crippen LogP contribution in [0.15, 0.2) is 59.7 Å². The molecule has 0 amide bonds. The molecule has 1 aliphatic carbocycles. The molecule has 2 heterocycles. The van der Waals surface area contributed by atoms with Crippen LogP contribution in [-0.4, -0.2) is 40.2 Å². The summed E-state index contributed by atoms with van der Waals surface area (Å²) in [5.74, 6) is 1.91. The minimum absolute atomic E-state index is 0.185. The lowest BCUT2D eigenvalue weighted by atomic mass is 9.79. The lowest BCUT2D eigenvalue weighted by Gasteiger charge is -2.28. The molecular formula is C24H32N6. The number of aryl methyl sites for hydroxylation is 1. The van der Waals surface area contributed by atoms with Crippen molar-refractivity contribution < 1.29 is 0 Å². The molecule has 2 aromatic heterocycles. The van der Waals surface area contributed by atoms with Crippen molar-refractivity contribution in [3.8, 4) is 0 Å². The van der Waals surface area contributed by atoms with Crippen LogP contribution >= 0.6 is 0 Å². The standard InChI is InChI=1S/C24H32N6/c1-2-25-23(26-17-10-14-22-29-28-21-13-6-9-18-30(21)22)27-19-24(15-7-8-16-24)20-11-4-3-5-12-20/h3-6,9,11-13,18H,2,7-8,10,14-17,19H2,1H3,(H2,25,26,27). The molecule has 30 heavy (non-hydrogen) atoms. The number of hydrogen-bond donors (Lipinski definition) is 2. The molecule has 0 radical (unpaired) electrons. The molecule has 1 aliphatic rings. The number of aliphatic imine (C=N–C) groups is 1. The van der Waals surface area contributed by atoms with E-state index in [0.29, 0.717) is 0 Å². The Morgan fingerprint density at radius 3 is 2.63 bits per heavy atom. The molecule has 0 saturated heterocycles. The summed E-state index contributed by atoms with van der Waals surface area (Å²) in [6, 6.07) is 16.9. The van der Waals surface area contributed by atoms with Gasteiger partial charge in [-0.1, -0.05) is 49.2 Å². The Hall–Kier alpha value is -2.89. The number of aromatic nitrogens is 3. The van der Waals surface area contributed by atoms with E-state index in [1.807, 2.05) is 24.4 Å². The van der Waals surface area contributed by atoms with Gasteiger partial charge in [-0.3, -0.25) is 9.39 Å². The summed E-state index contributed by atoms with van der Waals surface area (Å²) in [4.78, 5) is 4.99. The van der Waals surface area contributed by atoms with Crippen molar-refractivity contribution in [2.75, 3.05) is 19.6 Å². The summed E-state index contributed by atoms with van der Waals surface area (Å²) >= 11 is 0. The van der Waals surface area contributed by atoms with Crippen LogP contribution in [0.5, 0.6) is 0 Å². The third-order valence-corrected chi connectivity index (χ3v) is 6.08. The molecule has 0 bridgehead atoms. The van der Waals surface area contributed by atoms with Crippen LogP contribution in [0, 0.1) is 0 Å². The highest BCUT2D eigenvalue weighted by atomic mass is 15.2. The Labute approximate surface area is 178 Å². The van der Waals surface area contributed by atoms with Crippen LogP contribution in [0.3, 0.4) is 0 Å². The molecule has 0 spiro atoms. The van der Waals surface area contributed by atoms with Crippen molar-refractivity contribution in [3.05, 3.63) is 66.1 Å². The number of nitrogens with one attached hydrogen (secondary N) is 2. The normalized spacial score (nSPS) is 16.1. The van der Waals surface area contributed by atoms with E-state index in [0.717, 1.165) is 49.9 Å². The van der Waals surface area contributed by atoms with Gasteiger partial charge in [0.15, 0.2) is 11.6 Å². The van der Waals surface area contributed by atoms with Crippen LogP contribution < -0.4 is 10.6 Å². The molecule has 4 rings (SSSR count). The quantitative estimate of drug-likeness (QED) is 0.341. The van der Waals surface area contributed by atoms with Gasteiger partial charge in [-0.25, -0.2) is 0 Å². The third kappa shape index (κ3) is 4.64. The Bertz CT molecular complexity index is 956. The number of nitrogens with zero attached hydrogens (tertiary/aromatic N) is 4. The van der Waals surface area contributed by atoms with E-state index in [1.54, 1.807) is 0 Å². The molecule has 1 aromatic carbocycles. The smallest absolute Gasteiger partial charge is 0.191 e. The maximum atomic E-state index is 4.99. The number of pyridine rings is 1. The van der Waals surface area contributed by atoms with Crippen molar-refractivity contribution in [2.24, 2.45) is 4.99 Å². The molecule has 6 nitrogen and oxygen atoms in total. The second kappa shape index (κ2) is 9.74. The van der Waals surface area contributed by atoms with Gasteiger partial charge in [0.1, 0.15) is 5.82 Å². The van der Waals surface area contributed by atoms with Crippen LogP contribution in [0.25, 0.3) is 5.65 Å². The molecule has 3 aromatic rings. The van der Waals surface area contributed by atoms with Gasteiger partial charge in [0, 0.05) is 31.1 Å². The first-order chi connectivity index (χ1) is 14.8. The van der Waals surface area contributed by atoms with Crippen molar-refractivity contribution >= 4 is 11.6 Å². The maximum absolute atomic E-state index is 4.99. The SMILES string of the molecule is CCNC(=NCC1(c2ccccc2)CCCC1)NCCCc1nnc2ccccn12. The molecular weight excluding hydrogens is 372 g/mol. The van der Waals surface area contributed by atoms with E-state index in [9.17, 15) is 0 Å². The van der Waals surface area contributed by atoms with Gasteiger partial charge in [-0.2, -0.15) is 0 Å². The van der Waals surface area contributed by atoms with Crippen LogP contribution in [0.1, 0.15) is 50.4 Å². The van der Waals surface area contributed by atoms with Crippen LogP contribution in [0.2, 0.25) is 0 Å². The molecule has 0 atom stereocenters. The summed E-state index contributed by atoms with van der Waals surface area (Å²) in [5.41, 5.74) is 2.52. The summed E-state index contributed by atoms with van der Waals surface area (Å²) in [5, 5.41) is 15.5. The summed E-state index contributed by atoms with van der Waals surface area (Å²) in [6.45, 7) is 4.66. The Kier molecular flexibility index (Phi) is 6.62. The largest absolute Gasteiger partial charge is 0.357 e. The molecule has 0 aliphatic heterocycles. The fourth-order valence-electron chi connectivity index (χ4n) is 4.47. The van der Waals surface area contributed by atoms with E-state index in [-0.39, 0.29) is 5.41 Å². The first-order valence-electron chi connectivity index (χ1n) is 11.2. The zero-order chi connectivity index (χ0) is 20.7. The number of rotatable bonds is 8. The molecule has 2 N–H and O–H groups in total. The van der Waals surface area contributed by atoms with E-state index < -0.39 is 0 Å². The van der Waals surface area contributed by atoms with Crippen molar-refractivity contribution in [1.82, 2.24) is 25.2 Å². The second-order valence-corrected chi connectivity index (χ2v) is 8.12. The maximum Gasteiger partial charge on any atom is 0.191 e. The Morgan fingerprint density at radius 1 is 1.03 bits per heavy atom. The molecule has 1 fully saturated rings. The highest BCUT2D eigenvalue weighted by Gasteiger charge is 2.35. The van der Waals surface area contributed by atoms with E-state index in [2.05, 4.69) is 62.5 Å². The molecule has 0 unspecified atom stereocenters. The van der Waals surface area contributed by atoms with E-state index in [4.69, 9.17) is 4.99 Å². The predicted molar refractivity (Wildman–Crippen MR) is 122 cm³/mol. The monoisotopic (exact) mass is 404 g/mol. The van der Waals surface area contributed by atoms with Crippen molar-refractivity contribution in [2.45, 2.75) is 50.9 Å². The average Bonchev–Trinajstić information content (AvgIpc) is 3.44. The number of hydrogen-bond acceptors (Lipinski definition) is 3. The van der Waals surface area contributed by atoms with Crippen LogP contribution in [0.4, 0.5) is 0 Å². The number of guanidine groups is 1. The van der Waals surface area contributed by atoms with Gasteiger partial charge in [-0.05, 0) is 43.9 Å². The lowest BCUT2D eigenvalue weighted by molar-refractivity contribution is 0.452. The molecule has 1 saturated carbocycles. The van der Waals surface area contributed by atoms with Gasteiger partial charge in [0.25, 0.3) is 0 Å². The first-order valence-corrected chi connectivity index (χ1v) is 11.2. The highest BCUT2D eigenvalue weighted by Crippen LogP contribution is 2.41. The Balaban J connectivity index is 1.35. The minimum atomic E-state index is 0.185. The van der Waals surface area contributed by atoms with Gasteiger partial charge in [0.2, 0.25) is 0 Å². The second-order valence-electron chi connectivity index (χ2n) is 8.12. The fraction of sp³-hybridized carbons (Fsp3) is 0.458. The van der Waals surface area contributed by atoms with Gasteiger partial charge in [-0.15, -0.1) is 10.2 Å². The van der Waals surface area contributed by atoms with Gasteiger partial charge in [0.05, 0.1) is 6.54 Å². The van der Waals surface area contributed by atoms with Gasteiger partial charge >= 0.3 is 0 Å². The minimum Gasteiger partial charge on any atom is -0.357 e. The number of benzene rings is 1. The zero-order valence-electron chi connectivity index (χ0n) is 17.8. The fourth-order valence-corrected chi connectivity index (χ4v) is 4.47. The predicted octanol–water partition coefficient (Wildman–Crippen LogP) is 3.73. The molecule has 158 valence electrons. The van der Waals surface area contributed by atoms with Crippen molar-refractivity contribution in [3.63, 3.8) is 0 Å². The summed E-state index contributed by atoms with van der Waals surface area (Å²) in [6.07, 6.45) is 8.91. The van der Waals surface area contributed by atoms with Gasteiger partial charge < -0.3 is 10.6 Å². The molecule has 6 heteroatoms. The van der Waals surface area contributed by atoms with E-state index >= 15 is 0 Å². The zero-order valence-corrected chi connectivity index (χ0v) is 17.8. The van der Waals surface area contributed by atoms with Crippen LogP contribution in [-0.2, 0) is 11.8 Å². The third-order valence-electron chi connectivity index (χ3n) is 6.08. The topological polar surface area (TPSA) is 66.6 Å². The number of fused-ring (bicyclic) bond motifs is 1. The van der Waals surface area contributed by atoms with E-state index in [1.165, 1.54) is 31.2 Å². The van der Waals surface area contributed by atoms with Crippen molar-refractivity contribution in [1.29, 1.82) is 0 Å². The Morgan fingerprint density at radius 2 is 1.83 bits per heavy atom.